The van der Waals surface area contributed by atoms with Gasteiger partial charge in [-0.3, -0.25) is 0 Å². The third-order valence-corrected chi connectivity index (χ3v) is 4.52. The van der Waals surface area contributed by atoms with Crippen LogP contribution in [0.3, 0.4) is 0 Å². The Morgan fingerprint density at radius 2 is 1.00 bits per heavy atom. The van der Waals surface area contributed by atoms with Crippen LogP contribution in [0.25, 0.3) is 0 Å². The lowest BCUT2D eigenvalue weighted by Gasteiger charge is -2.36. The van der Waals surface area contributed by atoms with Gasteiger partial charge in [0.05, 0.1) is 5.56 Å². The molecule has 0 unspecified atom stereocenters. The summed E-state index contributed by atoms with van der Waals surface area (Å²) in [5.74, 6) is 1.14. The minimum Gasteiger partial charge on any atom is -0.456 e. The Labute approximate surface area is 174 Å². The molecule has 3 aromatic carbocycles. The van der Waals surface area contributed by atoms with Gasteiger partial charge in [0.1, 0.15) is 11.5 Å². The van der Waals surface area contributed by atoms with Gasteiger partial charge in [-0.2, -0.15) is 0 Å². The number of rotatable bonds is 0. The fourth-order valence-electron chi connectivity index (χ4n) is 3.57. The second-order valence-electron chi connectivity index (χ2n) is 5.71. The third-order valence-electron chi connectivity index (χ3n) is 4.52. The number of hydrogen-bond donors (Lipinski definition) is 0. The van der Waals surface area contributed by atoms with Gasteiger partial charge in [-0.1, -0.05) is 96.1 Å². The van der Waals surface area contributed by atoms with Crippen molar-refractivity contribution in [1.82, 2.24) is 0 Å². The number of carbonyl (C=O) groups is 1. The van der Waals surface area contributed by atoms with E-state index in [1.165, 1.54) is 0 Å². The van der Waals surface area contributed by atoms with Crippen molar-refractivity contribution in [3.63, 3.8) is 0 Å². The van der Waals surface area contributed by atoms with E-state index >= 15 is 0 Å². The lowest BCUT2D eigenvalue weighted by atomic mass is 9.78. The molecule has 152 valence electrons. The second kappa shape index (κ2) is 9.92. The maximum Gasteiger partial charge on any atom is 0.340 e. The van der Waals surface area contributed by atoms with Crippen LogP contribution >= 0.6 is 0 Å². The van der Waals surface area contributed by atoms with Crippen molar-refractivity contribution >= 4 is 5.97 Å². The Balaban J connectivity index is 0.000000461. The normalized spacial score (nSPS) is 13.4. The average Bonchev–Trinajstić information content (AvgIpc) is 3.11. The molecule has 0 aromatic heterocycles. The van der Waals surface area contributed by atoms with Crippen LogP contribution in [0.1, 0.15) is 68.6 Å². The molecule has 5 rings (SSSR count). The fraction of sp³-hybridized carbons (Fsp3) is 0.269. The highest BCUT2D eigenvalue weighted by Gasteiger charge is 2.53. The molecule has 29 heavy (non-hydrogen) atoms. The molecule has 0 fully saturated rings. The molecule has 0 amide bonds. The quantitative estimate of drug-likeness (QED) is 0.377. The summed E-state index contributed by atoms with van der Waals surface area (Å²) >= 11 is 0. The SMILES string of the molecule is CC.CC.CC.O=C1OC2(c3ccccc3Oc3ccccc32)c2ccccc21. The van der Waals surface area contributed by atoms with E-state index in [1.54, 1.807) is 0 Å². The van der Waals surface area contributed by atoms with Crippen molar-refractivity contribution in [1.29, 1.82) is 0 Å². The number of ether oxygens (including phenoxy) is 2. The Kier molecular flexibility index (Phi) is 7.60. The van der Waals surface area contributed by atoms with Crippen LogP contribution in [0.15, 0.2) is 72.8 Å². The summed E-state index contributed by atoms with van der Waals surface area (Å²) in [6.45, 7) is 12.0. The second-order valence-corrected chi connectivity index (χ2v) is 5.71. The van der Waals surface area contributed by atoms with E-state index in [2.05, 4.69) is 0 Å². The zero-order valence-electron chi connectivity index (χ0n) is 18.2. The molecule has 1 spiro atoms. The molecule has 3 heteroatoms. The topological polar surface area (TPSA) is 35.5 Å². The van der Waals surface area contributed by atoms with E-state index in [1.807, 2.05) is 114 Å². The number of carbonyl (C=O) groups excluding carboxylic acids is 1. The summed E-state index contributed by atoms with van der Waals surface area (Å²) in [7, 11) is 0. The van der Waals surface area contributed by atoms with Gasteiger partial charge in [-0.25, -0.2) is 4.79 Å². The van der Waals surface area contributed by atoms with Crippen molar-refractivity contribution in [3.05, 3.63) is 95.1 Å². The molecular formula is C26H30O3. The maximum atomic E-state index is 12.5. The lowest BCUT2D eigenvalue weighted by molar-refractivity contribution is 0.0224. The number of benzene rings is 3. The van der Waals surface area contributed by atoms with Crippen molar-refractivity contribution in [2.24, 2.45) is 0 Å². The zero-order valence-corrected chi connectivity index (χ0v) is 18.2. The van der Waals surface area contributed by atoms with Gasteiger partial charge in [0.25, 0.3) is 0 Å². The maximum absolute atomic E-state index is 12.5. The molecule has 0 radical (unpaired) electrons. The first-order valence-electron chi connectivity index (χ1n) is 10.5. The lowest BCUT2D eigenvalue weighted by Crippen LogP contribution is -2.32. The molecule has 0 saturated carbocycles. The summed E-state index contributed by atoms with van der Waals surface area (Å²) in [5, 5.41) is 0. The van der Waals surface area contributed by atoms with E-state index in [4.69, 9.17) is 9.47 Å². The van der Waals surface area contributed by atoms with Gasteiger partial charge in [-0.15, -0.1) is 0 Å². The Morgan fingerprint density at radius 3 is 1.52 bits per heavy atom. The predicted molar refractivity (Wildman–Crippen MR) is 119 cm³/mol. The molecule has 0 aliphatic carbocycles. The van der Waals surface area contributed by atoms with Crippen LogP contribution < -0.4 is 4.74 Å². The molecule has 0 N–H and O–H groups in total. The summed E-state index contributed by atoms with van der Waals surface area (Å²) in [6.07, 6.45) is 0. The van der Waals surface area contributed by atoms with Crippen LogP contribution in [-0.2, 0) is 10.3 Å². The monoisotopic (exact) mass is 390 g/mol. The first kappa shape index (κ1) is 22.2. The number of fused-ring (bicyclic) bond motifs is 6. The van der Waals surface area contributed by atoms with Crippen molar-refractivity contribution in [2.75, 3.05) is 0 Å². The van der Waals surface area contributed by atoms with E-state index in [-0.39, 0.29) is 5.97 Å². The van der Waals surface area contributed by atoms with Gasteiger partial charge in [0.2, 0.25) is 0 Å². The minimum absolute atomic E-state index is 0.299. The summed E-state index contributed by atoms with van der Waals surface area (Å²) in [6, 6.07) is 23.0. The van der Waals surface area contributed by atoms with Crippen molar-refractivity contribution < 1.29 is 14.3 Å². The fourth-order valence-corrected chi connectivity index (χ4v) is 3.57. The van der Waals surface area contributed by atoms with Crippen LogP contribution in [0.5, 0.6) is 11.5 Å². The molecule has 0 atom stereocenters. The third kappa shape index (κ3) is 3.53. The van der Waals surface area contributed by atoms with Crippen LogP contribution in [0.2, 0.25) is 0 Å². The van der Waals surface area contributed by atoms with Crippen LogP contribution in [-0.4, -0.2) is 5.97 Å². The van der Waals surface area contributed by atoms with Gasteiger partial charge < -0.3 is 9.47 Å². The standard InChI is InChI=1S/C20H12O3.3C2H6/c21-19-13-7-1-2-8-14(13)20(23-19)15-9-3-5-11-17(15)22-18-12-6-4-10-16(18)20;3*1-2/h1-12H;3*1-2H3. The molecule has 2 aliphatic heterocycles. The summed E-state index contributed by atoms with van der Waals surface area (Å²) < 4.78 is 12.0. The molecule has 2 heterocycles. The van der Waals surface area contributed by atoms with E-state index in [9.17, 15) is 4.79 Å². The molecule has 3 nitrogen and oxygen atoms in total. The average molecular weight is 391 g/mol. The molecule has 3 aromatic rings. The first-order valence-corrected chi connectivity index (χ1v) is 10.5. The number of hydrogen-bond acceptors (Lipinski definition) is 3. The number of para-hydroxylation sites is 2. The van der Waals surface area contributed by atoms with Gasteiger partial charge in [0.15, 0.2) is 5.60 Å². The highest BCUT2D eigenvalue weighted by atomic mass is 16.6. The molecule has 2 aliphatic rings. The number of esters is 1. The molecule has 0 bridgehead atoms. The van der Waals surface area contributed by atoms with E-state index in [0.717, 1.165) is 28.2 Å². The smallest absolute Gasteiger partial charge is 0.340 e. The first-order chi connectivity index (χ1) is 14.3. The molecule has 0 saturated heterocycles. The summed E-state index contributed by atoms with van der Waals surface area (Å²) in [5.41, 5.74) is 2.26. The van der Waals surface area contributed by atoms with E-state index in [0.29, 0.717) is 5.56 Å². The summed E-state index contributed by atoms with van der Waals surface area (Å²) in [4.78, 5) is 12.5. The van der Waals surface area contributed by atoms with E-state index < -0.39 is 5.60 Å². The Hall–Kier alpha value is -3.07. The van der Waals surface area contributed by atoms with Crippen molar-refractivity contribution in [2.45, 2.75) is 47.1 Å². The van der Waals surface area contributed by atoms with Crippen molar-refractivity contribution in [3.8, 4) is 11.5 Å². The van der Waals surface area contributed by atoms with Gasteiger partial charge in [-0.05, 0) is 18.2 Å². The Bertz CT molecular complexity index is 914. The zero-order chi connectivity index (χ0) is 21.4. The molecular weight excluding hydrogens is 360 g/mol. The predicted octanol–water partition coefficient (Wildman–Crippen LogP) is 7.33. The Morgan fingerprint density at radius 1 is 0.586 bits per heavy atom. The highest BCUT2D eigenvalue weighted by molar-refractivity contribution is 5.97. The highest BCUT2D eigenvalue weighted by Crippen LogP contribution is 2.55. The largest absolute Gasteiger partial charge is 0.456 e. The minimum atomic E-state index is -0.931. The van der Waals surface area contributed by atoms with Gasteiger partial charge >= 0.3 is 5.97 Å². The van der Waals surface area contributed by atoms with Crippen LogP contribution in [0.4, 0.5) is 0 Å². The van der Waals surface area contributed by atoms with Gasteiger partial charge in [0, 0.05) is 16.7 Å². The van der Waals surface area contributed by atoms with Crippen LogP contribution in [0, 0.1) is 0 Å².